The lowest BCUT2D eigenvalue weighted by Crippen LogP contribution is -1.97. The maximum atomic E-state index is 5.78. The van der Waals surface area contributed by atoms with Gasteiger partial charge in [0.05, 0.1) is 17.8 Å². The predicted molar refractivity (Wildman–Crippen MR) is 110 cm³/mol. The molecule has 5 nitrogen and oxygen atoms in total. The molecule has 0 amide bonds. The Bertz CT molecular complexity index is 1180. The van der Waals surface area contributed by atoms with E-state index in [-0.39, 0.29) is 0 Å². The number of pyridine rings is 2. The minimum atomic E-state index is 0.586. The zero-order valence-corrected chi connectivity index (χ0v) is 16.1. The van der Waals surface area contributed by atoms with Crippen molar-refractivity contribution in [3.8, 4) is 28.4 Å². The number of aromatic nitrogens is 4. The minimum absolute atomic E-state index is 0.586. The highest BCUT2D eigenvalue weighted by Crippen LogP contribution is 2.41. The number of para-hydroxylation sites is 1. The van der Waals surface area contributed by atoms with E-state index in [1.807, 2.05) is 44.2 Å². The van der Waals surface area contributed by atoms with Crippen LogP contribution in [0.25, 0.3) is 33.4 Å². The smallest absolute Gasteiger partial charge is 0.214 e. The zero-order valence-electron chi connectivity index (χ0n) is 16.1. The fourth-order valence-electron chi connectivity index (χ4n) is 4.05. The van der Waals surface area contributed by atoms with Crippen LogP contribution in [0.5, 0.6) is 5.88 Å². The standard InChI is InChI=1S/C23H22N4O/c1-3-28-21-14-17(16-9-4-5-10-18(16)25-21)22-20-12-7-13-27(20)26-23(22)19-11-6-8-15(2)24-19/h4-6,8-11,14H,3,7,12-13H2,1-2H3. The number of aryl methyl sites for hydroxylation is 2. The molecule has 5 rings (SSSR count). The first-order valence-corrected chi connectivity index (χ1v) is 9.81. The molecule has 0 unspecified atom stereocenters. The molecule has 1 aliphatic heterocycles. The molecule has 0 radical (unpaired) electrons. The summed E-state index contributed by atoms with van der Waals surface area (Å²) in [5.74, 6) is 0.650. The molecule has 1 aromatic carbocycles. The Morgan fingerprint density at radius 2 is 1.96 bits per heavy atom. The highest BCUT2D eigenvalue weighted by Gasteiger charge is 2.26. The summed E-state index contributed by atoms with van der Waals surface area (Å²) in [5.41, 5.74) is 7.34. The van der Waals surface area contributed by atoms with E-state index in [4.69, 9.17) is 14.8 Å². The topological polar surface area (TPSA) is 52.8 Å². The number of hydrogen-bond donors (Lipinski definition) is 0. The summed E-state index contributed by atoms with van der Waals surface area (Å²) >= 11 is 0. The van der Waals surface area contributed by atoms with Gasteiger partial charge < -0.3 is 4.74 Å². The number of nitrogens with zero attached hydrogens (tertiary/aromatic N) is 4. The second-order valence-electron chi connectivity index (χ2n) is 7.12. The Hall–Kier alpha value is -3.21. The molecule has 1 aliphatic rings. The SMILES string of the molecule is CCOc1cc(-c2c(-c3cccc(C)n3)nn3c2CCC3)c2ccccc2n1. The van der Waals surface area contributed by atoms with Crippen molar-refractivity contribution in [2.75, 3.05) is 6.61 Å². The van der Waals surface area contributed by atoms with Crippen LogP contribution in [0.1, 0.15) is 24.7 Å². The van der Waals surface area contributed by atoms with E-state index in [2.05, 4.69) is 27.9 Å². The van der Waals surface area contributed by atoms with Crippen molar-refractivity contribution in [3.63, 3.8) is 0 Å². The molecule has 3 aromatic heterocycles. The molecule has 5 heteroatoms. The average Bonchev–Trinajstić information content (AvgIpc) is 3.29. The summed E-state index contributed by atoms with van der Waals surface area (Å²) in [4.78, 5) is 9.44. The van der Waals surface area contributed by atoms with E-state index >= 15 is 0 Å². The third-order valence-electron chi connectivity index (χ3n) is 5.23. The summed E-state index contributed by atoms with van der Waals surface area (Å²) in [6.07, 6.45) is 2.15. The number of rotatable bonds is 4. The largest absolute Gasteiger partial charge is 0.478 e. The Kier molecular flexibility index (Phi) is 4.08. The molecule has 0 saturated heterocycles. The highest BCUT2D eigenvalue weighted by atomic mass is 16.5. The Balaban J connectivity index is 1.82. The monoisotopic (exact) mass is 370 g/mol. The van der Waals surface area contributed by atoms with Gasteiger partial charge in [0.1, 0.15) is 5.69 Å². The van der Waals surface area contributed by atoms with Crippen LogP contribution in [0.3, 0.4) is 0 Å². The molecule has 0 N–H and O–H groups in total. The first-order valence-electron chi connectivity index (χ1n) is 9.81. The van der Waals surface area contributed by atoms with Crippen LogP contribution < -0.4 is 4.74 Å². The van der Waals surface area contributed by atoms with E-state index in [9.17, 15) is 0 Å². The Morgan fingerprint density at radius 3 is 2.82 bits per heavy atom. The molecular formula is C23H22N4O. The molecule has 0 aliphatic carbocycles. The van der Waals surface area contributed by atoms with Crippen molar-refractivity contribution >= 4 is 10.9 Å². The third kappa shape index (κ3) is 2.74. The lowest BCUT2D eigenvalue weighted by Gasteiger charge is -2.12. The first kappa shape index (κ1) is 16.9. The van der Waals surface area contributed by atoms with E-state index in [0.29, 0.717) is 12.5 Å². The molecular weight excluding hydrogens is 348 g/mol. The second-order valence-corrected chi connectivity index (χ2v) is 7.12. The van der Waals surface area contributed by atoms with Gasteiger partial charge in [-0.3, -0.25) is 9.67 Å². The summed E-state index contributed by atoms with van der Waals surface area (Å²) in [7, 11) is 0. The minimum Gasteiger partial charge on any atom is -0.478 e. The molecule has 0 saturated carbocycles. The van der Waals surface area contributed by atoms with E-state index in [1.165, 1.54) is 5.69 Å². The van der Waals surface area contributed by atoms with Crippen molar-refractivity contribution in [3.05, 3.63) is 59.9 Å². The number of fused-ring (bicyclic) bond motifs is 2. The van der Waals surface area contributed by atoms with Crippen LogP contribution in [0.15, 0.2) is 48.5 Å². The maximum Gasteiger partial charge on any atom is 0.214 e. The van der Waals surface area contributed by atoms with E-state index < -0.39 is 0 Å². The van der Waals surface area contributed by atoms with Gasteiger partial charge in [-0.25, -0.2) is 4.98 Å². The summed E-state index contributed by atoms with van der Waals surface area (Å²) in [5, 5.41) is 6.07. The molecule has 0 spiro atoms. The lowest BCUT2D eigenvalue weighted by molar-refractivity contribution is 0.328. The Morgan fingerprint density at radius 1 is 1.07 bits per heavy atom. The normalized spacial score (nSPS) is 13.1. The highest BCUT2D eigenvalue weighted by molar-refractivity contribution is 5.99. The molecule has 4 heterocycles. The number of hydrogen-bond acceptors (Lipinski definition) is 4. The fourth-order valence-corrected chi connectivity index (χ4v) is 4.05. The van der Waals surface area contributed by atoms with Crippen LogP contribution in [0.2, 0.25) is 0 Å². The van der Waals surface area contributed by atoms with Gasteiger partial charge >= 0.3 is 0 Å². The van der Waals surface area contributed by atoms with Crippen LogP contribution in [0, 0.1) is 6.92 Å². The Labute approximate surface area is 164 Å². The van der Waals surface area contributed by atoms with Gasteiger partial charge in [0, 0.05) is 40.5 Å². The van der Waals surface area contributed by atoms with Crippen molar-refractivity contribution in [2.24, 2.45) is 0 Å². The van der Waals surface area contributed by atoms with Crippen molar-refractivity contribution in [1.29, 1.82) is 0 Å². The van der Waals surface area contributed by atoms with E-state index in [1.54, 1.807) is 0 Å². The molecule has 28 heavy (non-hydrogen) atoms. The van der Waals surface area contributed by atoms with Crippen molar-refractivity contribution in [2.45, 2.75) is 33.2 Å². The second kappa shape index (κ2) is 6.75. The van der Waals surface area contributed by atoms with Gasteiger partial charge in [0.2, 0.25) is 5.88 Å². The zero-order chi connectivity index (χ0) is 19.1. The fraction of sp³-hybridized carbons (Fsp3) is 0.261. The van der Waals surface area contributed by atoms with Gasteiger partial charge in [-0.1, -0.05) is 24.3 Å². The van der Waals surface area contributed by atoms with Crippen molar-refractivity contribution in [1.82, 2.24) is 19.7 Å². The summed E-state index contributed by atoms with van der Waals surface area (Å²) in [6.45, 7) is 5.54. The summed E-state index contributed by atoms with van der Waals surface area (Å²) in [6, 6.07) is 16.4. The van der Waals surface area contributed by atoms with Gasteiger partial charge in [-0.2, -0.15) is 5.10 Å². The van der Waals surface area contributed by atoms with Crippen LogP contribution in [-0.4, -0.2) is 26.4 Å². The summed E-state index contributed by atoms with van der Waals surface area (Å²) < 4.78 is 7.93. The molecule has 0 bridgehead atoms. The molecule has 4 aromatic rings. The van der Waals surface area contributed by atoms with Crippen LogP contribution in [0.4, 0.5) is 0 Å². The predicted octanol–water partition coefficient (Wildman–Crippen LogP) is 4.81. The lowest BCUT2D eigenvalue weighted by atomic mass is 9.96. The van der Waals surface area contributed by atoms with E-state index in [0.717, 1.165) is 58.5 Å². The molecule has 0 atom stereocenters. The van der Waals surface area contributed by atoms with Crippen LogP contribution in [-0.2, 0) is 13.0 Å². The number of ether oxygens (including phenoxy) is 1. The third-order valence-corrected chi connectivity index (χ3v) is 5.23. The van der Waals surface area contributed by atoms with Gasteiger partial charge in [0.15, 0.2) is 0 Å². The van der Waals surface area contributed by atoms with Crippen LogP contribution >= 0.6 is 0 Å². The molecule has 140 valence electrons. The number of benzene rings is 1. The average molecular weight is 370 g/mol. The van der Waals surface area contributed by atoms with Gasteiger partial charge in [-0.15, -0.1) is 0 Å². The van der Waals surface area contributed by atoms with Crippen molar-refractivity contribution < 1.29 is 4.74 Å². The molecule has 0 fully saturated rings. The van der Waals surface area contributed by atoms with Gasteiger partial charge in [-0.05, 0) is 44.9 Å². The quantitative estimate of drug-likeness (QED) is 0.517. The first-order chi connectivity index (χ1) is 13.7. The maximum absolute atomic E-state index is 5.78. The van der Waals surface area contributed by atoms with Gasteiger partial charge in [0.25, 0.3) is 0 Å².